The lowest BCUT2D eigenvalue weighted by Crippen LogP contribution is -2.39. The molecule has 0 saturated carbocycles. The molecule has 1 aromatic heterocycles. The van der Waals surface area contributed by atoms with Gasteiger partial charge in [-0.25, -0.2) is 4.98 Å². The van der Waals surface area contributed by atoms with Crippen LogP contribution in [0.2, 0.25) is 0 Å². The quantitative estimate of drug-likeness (QED) is 0.432. The highest BCUT2D eigenvalue weighted by molar-refractivity contribution is 5.92. The van der Waals surface area contributed by atoms with Crippen molar-refractivity contribution in [3.63, 3.8) is 0 Å². The predicted octanol–water partition coefficient (Wildman–Crippen LogP) is 3.07. The summed E-state index contributed by atoms with van der Waals surface area (Å²) in [5.41, 5.74) is 1.73. The molecule has 8 nitrogen and oxygen atoms in total. The first kappa shape index (κ1) is 24.5. The molecular formula is C26H38N6O2. The van der Waals surface area contributed by atoms with E-state index < -0.39 is 0 Å². The molecule has 184 valence electrons. The number of aromatic nitrogens is 2. The van der Waals surface area contributed by atoms with Crippen LogP contribution in [0, 0.1) is 11.8 Å². The van der Waals surface area contributed by atoms with E-state index in [0.29, 0.717) is 6.61 Å². The van der Waals surface area contributed by atoms with Crippen LogP contribution in [0.25, 0.3) is 10.9 Å². The molecule has 2 saturated heterocycles. The Morgan fingerprint density at radius 3 is 2.47 bits per heavy atom. The second-order valence-electron chi connectivity index (χ2n) is 9.29. The third kappa shape index (κ3) is 6.09. The molecule has 4 rings (SSSR count). The number of hydrogen-bond acceptors (Lipinski definition) is 8. The topological polar surface area (TPSA) is 74.8 Å². The van der Waals surface area contributed by atoms with Crippen LogP contribution in [0.1, 0.15) is 45.1 Å². The van der Waals surface area contributed by atoms with E-state index >= 15 is 0 Å². The summed E-state index contributed by atoms with van der Waals surface area (Å²) < 4.78 is 11.6. The van der Waals surface area contributed by atoms with Gasteiger partial charge in [0.25, 0.3) is 0 Å². The van der Waals surface area contributed by atoms with Crippen LogP contribution in [0.3, 0.4) is 0 Å². The third-order valence-electron chi connectivity index (χ3n) is 6.37. The van der Waals surface area contributed by atoms with E-state index in [1.165, 1.54) is 25.7 Å². The minimum absolute atomic E-state index is 0.0853. The summed E-state index contributed by atoms with van der Waals surface area (Å²) in [4.78, 5) is 14.5. The second-order valence-corrected chi connectivity index (χ2v) is 9.29. The Kier molecular flexibility index (Phi) is 8.44. The van der Waals surface area contributed by atoms with Crippen molar-refractivity contribution < 1.29 is 9.47 Å². The van der Waals surface area contributed by atoms with Crippen molar-refractivity contribution in [1.82, 2.24) is 20.2 Å². The van der Waals surface area contributed by atoms with Crippen LogP contribution in [0.4, 0.5) is 11.8 Å². The first-order valence-electron chi connectivity index (χ1n) is 12.5. The maximum atomic E-state index is 5.83. The van der Waals surface area contributed by atoms with Crippen molar-refractivity contribution in [1.29, 1.82) is 0 Å². The van der Waals surface area contributed by atoms with Gasteiger partial charge < -0.3 is 19.7 Å². The normalized spacial score (nSPS) is 17.3. The number of nitrogens with one attached hydrogen (secondary N) is 2. The van der Waals surface area contributed by atoms with Gasteiger partial charge in [0.15, 0.2) is 0 Å². The van der Waals surface area contributed by atoms with E-state index in [2.05, 4.69) is 32.3 Å². The fraction of sp³-hybridized carbons (Fsp3) is 0.615. The van der Waals surface area contributed by atoms with Gasteiger partial charge in [-0.05, 0) is 71.8 Å². The lowest BCUT2D eigenvalue weighted by Gasteiger charge is -2.23. The van der Waals surface area contributed by atoms with Gasteiger partial charge in [0.2, 0.25) is 5.95 Å². The maximum absolute atomic E-state index is 5.83. The van der Waals surface area contributed by atoms with Crippen LogP contribution in [0.15, 0.2) is 12.1 Å². The van der Waals surface area contributed by atoms with Gasteiger partial charge >= 0.3 is 0 Å². The maximum Gasteiger partial charge on any atom is 0.227 e. The summed E-state index contributed by atoms with van der Waals surface area (Å²) >= 11 is 0. The molecule has 0 amide bonds. The van der Waals surface area contributed by atoms with Crippen LogP contribution in [-0.4, -0.2) is 80.6 Å². The summed E-state index contributed by atoms with van der Waals surface area (Å²) in [6.45, 7) is 9.62. The predicted molar refractivity (Wildman–Crippen MR) is 138 cm³/mol. The van der Waals surface area contributed by atoms with E-state index in [4.69, 9.17) is 19.4 Å². The van der Waals surface area contributed by atoms with Crippen molar-refractivity contribution in [3.05, 3.63) is 17.7 Å². The molecule has 0 spiro atoms. The van der Waals surface area contributed by atoms with Crippen molar-refractivity contribution in [3.8, 4) is 17.6 Å². The number of ether oxygens (including phenoxy) is 2. The van der Waals surface area contributed by atoms with E-state index in [1.807, 2.05) is 33.0 Å². The number of fused-ring (bicyclic) bond motifs is 1. The summed E-state index contributed by atoms with van der Waals surface area (Å²) in [7, 11) is 3.60. The molecule has 2 N–H and O–H groups in total. The number of benzene rings is 1. The van der Waals surface area contributed by atoms with Crippen molar-refractivity contribution >= 4 is 22.7 Å². The van der Waals surface area contributed by atoms with Gasteiger partial charge in [0.1, 0.15) is 17.7 Å². The van der Waals surface area contributed by atoms with E-state index in [9.17, 15) is 0 Å². The third-order valence-corrected chi connectivity index (χ3v) is 6.37. The van der Waals surface area contributed by atoms with Crippen LogP contribution in [-0.2, 0) is 4.74 Å². The summed E-state index contributed by atoms with van der Waals surface area (Å²) in [6.07, 6.45) is 4.94. The fourth-order valence-electron chi connectivity index (χ4n) is 4.42. The molecule has 0 aliphatic carbocycles. The Morgan fingerprint density at radius 1 is 1.06 bits per heavy atom. The smallest absolute Gasteiger partial charge is 0.227 e. The number of anilines is 2. The Bertz CT molecular complexity index is 1020. The van der Waals surface area contributed by atoms with Crippen molar-refractivity contribution in [2.24, 2.45) is 0 Å². The lowest BCUT2D eigenvalue weighted by atomic mass is 10.1. The lowest BCUT2D eigenvalue weighted by molar-refractivity contribution is 0.0675. The second kappa shape index (κ2) is 11.7. The number of likely N-dealkylation sites (N-methyl/N-ethyl adjacent to an activating group) is 1. The number of methoxy groups -OCH3 is 1. The first-order chi connectivity index (χ1) is 16.6. The zero-order chi connectivity index (χ0) is 23.9. The molecule has 2 fully saturated rings. The molecule has 2 aliphatic heterocycles. The molecule has 0 radical (unpaired) electrons. The molecule has 2 aliphatic rings. The monoisotopic (exact) mass is 466 g/mol. The van der Waals surface area contributed by atoms with Crippen LogP contribution < -0.4 is 20.3 Å². The molecule has 3 heterocycles. The Labute approximate surface area is 203 Å². The van der Waals surface area contributed by atoms with Gasteiger partial charge in [-0.2, -0.15) is 4.98 Å². The highest BCUT2D eigenvalue weighted by Gasteiger charge is 2.20. The average molecular weight is 467 g/mol. The summed E-state index contributed by atoms with van der Waals surface area (Å²) in [5.74, 6) is 8.94. The standard InChI is InChI=1S/C26H38N6O2/c1-19(2)34-18-24(27-3)29-25-21-17-23(33-4)20(10-9-13-31-11-5-6-12-31)16-22(21)28-26(30-25)32-14-7-8-15-32/h16-17,19,24,27H,5-8,11-15,18H2,1-4H3,(H,28,29,30)/t24-/m0/s1. The first-order valence-corrected chi connectivity index (χ1v) is 12.5. The van der Waals surface area contributed by atoms with Gasteiger partial charge in [-0.15, -0.1) is 0 Å². The zero-order valence-corrected chi connectivity index (χ0v) is 21.0. The molecule has 0 bridgehead atoms. The van der Waals surface area contributed by atoms with E-state index in [-0.39, 0.29) is 12.3 Å². The fourth-order valence-corrected chi connectivity index (χ4v) is 4.42. The zero-order valence-electron chi connectivity index (χ0n) is 21.0. The Hall–Kier alpha value is -2.60. The van der Waals surface area contributed by atoms with Gasteiger partial charge in [0, 0.05) is 18.5 Å². The van der Waals surface area contributed by atoms with E-state index in [1.54, 1.807) is 7.11 Å². The number of hydrogen-bond donors (Lipinski definition) is 2. The molecule has 1 aromatic carbocycles. The summed E-state index contributed by atoms with van der Waals surface area (Å²) in [6, 6.07) is 4.04. The van der Waals surface area contributed by atoms with Crippen LogP contribution in [0.5, 0.6) is 5.75 Å². The molecule has 34 heavy (non-hydrogen) atoms. The van der Waals surface area contributed by atoms with Gasteiger partial charge in [-0.3, -0.25) is 10.2 Å². The highest BCUT2D eigenvalue weighted by atomic mass is 16.5. The Morgan fingerprint density at radius 2 is 1.79 bits per heavy atom. The summed E-state index contributed by atoms with van der Waals surface area (Å²) in [5, 5.41) is 7.73. The molecule has 0 unspecified atom stereocenters. The van der Waals surface area contributed by atoms with Crippen LogP contribution >= 0.6 is 0 Å². The van der Waals surface area contributed by atoms with Crippen molar-refractivity contribution in [2.75, 3.05) is 63.7 Å². The molecule has 1 atom stereocenters. The van der Waals surface area contributed by atoms with Gasteiger partial charge in [0.05, 0.1) is 37.4 Å². The minimum atomic E-state index is -0.0853. The molecule has 2 aromatic rings. The van der Waals surface area contributed by atoms with Gasteiger partial charge in [-0.1, -0.05) is 11.8 Å². The largest absolute Gasteiger partial charge is 0.495 e. The molecular weight excluding hydrogens is 428 g/mol. The highest BCUT2D eigenvalue weighted by Crippen LogP contribution is 2.31. The molecule has 8 heteroatoms. The average Bonchev–Trinajstić information content (AvgIpc) is 3.55. The number of nitrogens with zero attached hydrogens (tertiary/aromatic N) is 4. The number of rotatable bonds is 9. The number of likely N-dealkylation sites (tertiary alicyclic amines) is 1. The Balaban J connectivity index is 1.69. The van der Waals surface area contributed by atoms with E-state index in [0.717, 1.165) is 66.7 Å². The minimum Gasteiger partial charge on any atom is -0.495 e. The van der Waals surface area contributed by atoms with Crippen molar-refractivity contribution in [2.45, 2.75) is 51.8 Å². The SMILES string of the molecule is CN[C@H](COC(C)C)Nc1nc(N2CCCC2)nc2cc(C#CCN3CCCC3)c(OC)cc12.